The molecule has 1 saturated heterocycles. The van der Waals surface area contributed by atoms with Crippen molar-refractivity contribution in [3.05, 3.63) is 11.7 Å². The average molecular weight is 602 g/mol. The summed E-state index contributed by atoms with van der Waals surface area (Å²) in [4.78, 5) is 17.1. The minimum Gasteiger partial charge on any atom is -0.481 e. The molecular weight excluding hydrogens is 546 g/mol. The van der Waals surface area contributed by atoms with Crippen molar-refractivity contribution in [1.29, 1.82) is 5.41 Å². The lowest BCUT2D eigenvalue weighted by Gasteiger charge is -2.62. The van der Waals surface area contributed by atoms with Crippen molar-refractivity contribution in [2.24, 2.45) is 46.3 Å². The molecule has 1 aromatic heterocycles. The maximum absolute atomic E-state index is 11.5. The predicted octanol–water partition coefficient (Wildman–Crippen LogP) is 4.65. The summed E-state index contributed by atoms with van der Waals surface area (Å²) in [6, 6.07) is 1.60. The number of hydrogen-bond donors (Lipinski definition) is 6. The number of fused-ring (bicyclic) bond motifs is 5. The predicted molar refractivity (Wildman–Crippen MR) is 164 cm³/mol. The van der Waals surface area contributed by atoms with Crippen LogP contribution in [0.2, 0.25) is 0 Å². The number of aliphatic carboxylic acids is 1. The summed E-state index contributed by atoms with van der Waals surface area (Å²) >= 11 is 0. The molecule has 6 rings (SSSR count). The molecule has 2 heterocycles. The highest BCUT2D eigenvalue weighted by molar-refractivity contribution is 5.66. The Balaban J connectivity index is 0.000000207. The van der Waals surface area contributed by atoms with Gasteiger partial charge in [0, 0.05) is 25.6 Å². The number of nitrogens with two attached hydrogens (primary N) is 1. The average Bonchev–Trinajstić information content (AvgIpc) is 3.35. The van der Waals surface area contributed by atoms with Crippen molar-refractivity contribution in [1.82, 2.24) is 9.71 Å². The van der Waals surface area contributed by atoms with E-state index in [-0.39, 0.29) is 40.9 Å². The van der Waals surface area contributed by atoms with Gasteiger partial charge in [0.25, 0.3) is 5.62 Å². The van der Waals surface area contributed by atoms with Crippen molar-refractivity contribution in [2.75, 3.05) is 23.7 Å². The Hall–Kier alpha value is -2.33. The molecule has 4 aliphatic carbocycles. The van der Waals surface area contributed by atoms with Gasteiger partial charge in [-0.05, 0) is 123 Å². The molecule has 0 bridgehead atoms. The number of aliphatic hydroxyl groups excluding tert-OH is 2. The van der Waals surface area contributed by atoms with E-state index in [9.17, 15) is 20.2 Å². The molecule has 10 heteroatoms. The molecule has 10 nitrogen and oxygen atoms in total. The number of carbonyl (C=O) groups is 1. The number of aromatic nitrogens is 2. The van der Waals surface area contributed by atoms with E-state index < -0.39 is 5.97 Å². The van der Waals surface area contributed by atoms with Gasteiger partial charge in [-0.25, -0.2) is 0 Å². The third-order valence-electron chi connectivity index (χ3n) is 12.9. The molecule has 10 atom stereocenters. The number of carboxylic acids is 1. The largest absolute Gasteiger partial charge is 0.481 e. The van der Waals surface area contributed by atoms with Crippen LogP contribution in [0, 0.1) is 51.7 Å². The van der Waals surface area contributed by atoms with E-state index in [0.29, 0.717) is 46.1 Å². The lowest BCUT2D eigenvalue weighted by Crippen LogP contribution is -2.58. The van der Waals surface area contributed by atoms with Crippen LogP contribution in [-0.4, -0.2) is 61.5 Å². The third kappa shape index (κ3) is 6.02. The van der Waals surface area contributed by atoms with Crippen molar-refractivity contribution < 1.29 is 25.3 Å². The van der Waals surface area contributed by atoms with Crippen LogP contribution in [0.4, 0.5) is 11.6 Å². The zero-order valence-corrected chi connectivity index (χ0v) is 26.4. The lowest BCUT2D eigenvalue weighted by molar-refractivity contribution is -0.175. The van der Waals surface area contributed by atoms with Gasteiger partial charge in [0.1, 0.15) is 11.6 Å². The van der Waals surface area contributed by atoms with Crippen LogP contribution >= 0.6 is 0 Å². The van der Waals surface area contributed by atoms with E-state index >= 15 is 0 Å². The summed E-state index contributed by atoms with van der Waals surface area (Å²) in [5, 5.41) is 47.4. The highest BCUT2D eigenvalue weighted by Crippen LogP contribution is 2.68. The highest BCUT2D eigenvalue weighted by Gasteiger charge is 2.63. The summed E-state index contributed by atoms with van der Waals surface area (Å²) < 4.78 is 0.577. The molecule has 0 aromatic carbocycles. The Bertz CT molecular complexity index is 1200. The van der Waals surface area contributed by atoms with Crippen LogP contribution in [0.5, 0.6) is 0 Å². The van der Waals surface area contributed by atoms with E-state index in [0.717, 1.165) is 64.5 Å². The van der Waals surface area contributed by atoms with Crippen LogP contribution in [0.1, 0.15) is 104 Å². The molecule has 1 aliphatic heterocycles. The summed E-state index contributed by atoms with van der Waals surface area (Å²) in [5.74, 6) is 3.38. The van der Waals surface area contributed by atoms with Gasteiger partial charge in [-0.3, -0.25) is 10.2 Å². The molecule has 242 valence electrons. The maximum Gasteiger partial charge on any atom is 0.303 e. The molecule has 5 fully saturated rings. The molecule has 1 aromatic rings. The molecule has 4 saturated carbocycles. The van der Waals surface area contributed by atoms with E-state index in [2.05, 4.69) is 30.7 Å². The van der Waals surface area contributed by atoms with E-state index in [1.807, 2.05) is 0 Å². The van der Waals surface area contributed by atoms with Gasteiger partial charge >= 0.3 is 5.97 Å². The van der Waals surface area contributed by atoms with Crippen molar-refractivity contribution in [2.45, 2.75) is 116 Å². The van der Waals surface area contributed by atoms with Gasteiger partial charge in [-0.15, -0.1) is 4.73 Å². The standard InChI is InChI=1S/C24H40O4.C9H15N5O/c1-14(4-9-22(27)28)18-7-8-19-17-6-5-15-12-16(25)10-11-23(15,2)20(17)13-21(26)24(18,19)3;10-7-6-8(12-9(11)14(7)15)13-4-2-1-3-5-13/h14-21,25-26H,4-13H2,1-3H3,(H,27,28);6,11,15H,1-5,10H2/t14-,15-,16-,17+,18-,19+,20+,21+,23+,24-;/m1./s1. The monoisotopic (exact) mass is 601 g/mol. The number of carboxylic acid groups (broad SMARTS) is 1. The SMILES string of the molecule is C[C@H](CCC(=O)O)[C@H]1CC[C@H]2[C@@H]3CC[C@@H]4C[C@H](O)CC[C@]4(C)[C@H]3C[C@H](O)[C@]12C.N=c1nc(N2CCCCC2)cc(N)n1O. The Morgan fingerprint density at radius 3 is 2.49 bits per heavy atom. The van der Waals surface area contributed by atoms with Gasteiger partial charge in [0.2, 0.25) is 0 Å². The molecule has 43 heavy (non-hydrogen) atoms. The normalized spacial score (nSPS) is 39.5. The Kier molecular flexibility index (Phi) is 9.38. The Morgan fingerprint density at radius 1 is 1.09 bits per heavy atom. The first-order valence-corrected chi connectivity index (χ1v) is 16.8. The van der Waals surface area contributed by atoms with Gasteiger partial charge in [-0.2, -0.15) is 4.98 Å². The zero-order valence-electron chi connectivity index (χ0n) is 26.4. The van der Waals surface area contributed by atoms with E-state index in [1.165, 1.54) is 25.7 Å². The highest BCUT2D eigenvalue weighted by atomic mass is 16.5. The molecular formula is C33H55N5O5. The van der Waals surface area contributed by atoms with Crippen LogP contribution in [0.3, 0.4) is 0 Å². The van der Waals surface area contributed by atoms with E-state index in [4.69, 9.17) is 16.2 Å². The second-order valence-corrected chi connectivity index (χ2v) is 15.0. The first-order valence-electron chi connectivity index (χ1n) is 16.8. The Labute approximate surface area is 256 Å². The quantitative estimate of drug-likeness (QED) is 0.265. The second-order valence-electron chi connectivity index (χ2n) is 15.0. The summed E-state index contributed by atoms with van der Waals surface area (Å²) in [6.07, 6.45) is 12.8. The van der Waals surface area contributed by atoms with E-state index in [1.54, 1.807) is 6.07 Å². The maximum atomic E-state index is 11.5. The minimum absolute atomic E-state index is 0.0591. The fraction of sp³-hybridized carbons (Fsp3) is 0.848. The van der Waals surface area contributed by atoms with Crippen LogP contribution < -0.4 is 16.3 Å². The molecule has 7 N–H and O–H groups in total. The number of nitrogens with one attached hydrogen (secondary N) is 1. The van der Waals surface area contributed by atoms with Gasteiger partial charge in [0.05, 0.1) is 12.2 Å². The van der Waals surface area contributed by atoms with Crippen LogP contribution in [0.25, 0.3) is 0 Å². The van der Waals surface area contributed by atoms with Gasteiger partial charge in [0.15, 0.2) is 0 Å². The van der Waals surface area contributed by atoms with Crippen molar-refractivity contribution in [3.8, 4) is 0 Å². The number of nitrogens with zero attached hydrogens (tertiary/aromatic N) is 3. The summed E-state index contributed by atoms with van der Waals surface area (Å²) in [6.45, 7) is 8.88. The summed E-state index contributed by atoms with van der Waals surface area (Å²) in [7, 11) is 0. The number of rotatable bonds is 5. The molecule has 0 radical (unpaired) electrons. The fourth-order valence-corrected chi connectivity index (χ4v) is 10.5. The molecule has 0 unspecified atom stereocenters. The van der Waals surface area contributed by atoms with Crippen LogP contribution in [0.15, 0.2) is 6.07 Å². The third-order valence-corrected chi connectivity index (χ3v) is 12.9. The minimum atomic E-state index is -0.707. The zero-order chi connectivity index (χ0) is 31.1. The first-order chi connectivity index (χ1) is 20.4. The Morgan fingerprint density at radius 2 is 1.81 bits per heavy atom. The second kappa shape index (κ2) is 12.6. The number of anilines is 2. The molecule has 0 amide bonds. The first kappa shape index (κ1) is 32.1. The number of hydrogen-bond acceptors (Lipinski definition) is 8. The fourth-order valence-electron chi connectivity index (χ4n) is 10.5. The molecule has 5 aliphatic rings. The van der Waals surface area contributed by atoms with Crippen LogP contribution in [-0.2, 0) is 4.79 Å². The molecule has 0 spiro atoms. The smallest absolute Gasteiger partial charge is 0.303 e. The van der Waals surface area contributed by atoms with Crippen molar-refractivity contribution in [3.63, 3.8) is 0 Å². The number of nitrogen functional groups attached to an aromatic ring is 1. The lowest BCUT2D eigenvalue weighted by atomic mass is 9.43. The summed E-state index contributed by atoms with van der Waals surface area (Å²) in [5.41, 5.74) is 5.54. The van der Waals surface area contributed by atoms with Gasteiger partial charge in [-0.1, -0.05) is 20.8 Å². The topological polar surface area (TPSA) is 169 Å². The number of aliphatic hydroxyl groups is 2. The van der Waals surface area contributed by atoms with Crippen molar-refractivity contribution >= 4 is 17.6 Å². The number of piperidine rings is 1. The van der Waals surface area contributed by atoms with Gasteiger partial charge < -0.3 is 31.2 Å².